The molecular weight excluding hydrogens is 436 g/mol. The standard InChI is InChI=1S/C22H21ClN4O3S/c23-14-11-12(6-7-15(14)27-10-2-5-19(27)29)24-18(28)9-8-17-25-21(30)20-13-3-1-4-16(13)31-22(20)26-17/h6-7,11H,1-5,8-10H2,(H,24,28)(H,25,26,30). The minimum atomic E-state index is -0.197. The van der Waals surface area contributed by atoms with Gasteiger partial charge in [-0.3, -0.25) is 14.4 Å². The molecule has 3 heterocycles. The molecule has 7 nitrogen and oxygen atoms in total. The van der Waals surface area contributed by atoms with Gasteiger partial charge in [0.1, 0.15) is 10.7 Å². The molecule has 0 atom stereocenters. The summed E-state index contributed by atoms with van der Waals surface area (Å²) in [6.45, 7) is 0.660. The summed E-state index contributed by atoms with van der Waals surface area (Å²) in [5.41, 5.74) is 2.27. The Morgan fingerprint density at radius 3 is 2.87 bits per heavy atom. The monoisotopic (exact) mass is 456 g/mol. The van der Waals surface area contributed by atoms with E-state index in [1.54, 1.807) is 34.4 Å². The largest absolute Gasteiger partial charge is 0.326 e. The normalized spacial score (nSPS) is 15.6. The molecule has 2 N–H and O–H groups in total. The highest BCUT2D eigenvalue weighted by molar-refractivity contribution is 7.18. The first-order valence-electron chi connectivity index (χ1n) is 10.4. The Kier molecular flexibility index (Phi) is 5.27. The number of aryl methyl sites for hydroxylation is 3. The van der Waals surface area contributed by atoms with Gasteiger partial charge in [-0.25, -0.2) is 4.98 Å². The summed E-state index contributed by atoms with van der Waals surface area (Å²) in [6, 6.07) is 5.15. The van der Waals surface area contributed by atoms with Crippen molar-refractivity contribution in [1.29, 1.82) is 0 Å². The number of hydrogen-bond acceptors (Lipinski definition) is 5. The lowest BCUT2D eigenvalue weighted by Crippen LogP contribution is -2.24. The number of carbonyl (C=O) groups is 2. The summed E-state index contributed by atoms with van der Waals surface area (Å²) in [7, 11) is 0. The van der Waals surface area contributed by atoms with Gasteiger partial charge in [0, 0.05) is 36.4 Å². The van der Waals surface area contributed by atoms with E-state index in [0.29, 0.717) is 41.6 Å². The smallest absolute Gasteiger partial charge is 0.259 e. The highest BCUT2D eigenvalue weighted by Crippen LogP contribution is 2.34. The second kappa shape index (κ2) is 8.09. The highest BCUT2D eigenvalue weighted by atomic mass is 35.5. The number of carbonyl (C=O) groups excluding carboxylic acids is 2. The molecule has 1 aliphatic heterocycles. The molecular formula is C22H21ClN4O3S. The van der Waals surface area contributed by atoms with E-state index in [4.69, 9.17) is 11.6 Å². The van der Waals surface area contributed by atoms with Crippen LogP contribution in [0.5, 0.6) is 0 Å². The van der Waals surface area contributed by atoms with Crippen LogP contribution in [0.1, 0.15) is 41.9 Å². The molecule has 0 radical (unpaired) electrons. The van der Waals surface area contributed by atoms with Crippen molar-refractivity contribution < 1.29 is 9.59 Å². The topological polar surface area (TPSA) is 95.2 Å². The number of thiophene rings is 1. The molecule has 0 spiro atoms. The Balaban J connectivity index is 1.25. The molecule has 0 unspecified atom stereocenters. The van der Waals surface area contributed by atoms with Crippen LogP contribution in [0.15, 0.2) is 23.0 Å². The molecule has 2 amide bonds. The third-order valence-electron chi connectivity index (χ3n) is 5.81. The number of rotatable bonds is 5. The zero-order valence-corrected chi connectivity index (χ0v) is 18.4. The SMILES string of the molecule is O=C(CCc1nc2sc3c(c2c(=O)[nH]1)CCC3)Nc1ccc(N2CCCC2=O)c(Cl)c1. The van der Waals surface area contributed by atoms with Gasteiger partial charge in [0.05, 0.1) is 16.1 Å². The number of hydrogen-bond donors (Lipinski definition) is 2. The van der Waals surface area contributed by atoms with Gasteiger partial charge < -0.3 is 15.2 Å². The van der Waals surface area contributed by atoms with Crippen molar-refractivity contribution in [2.24, 2.45) is 0 Å². The third kappa shape index (κ3) is 3.85. The Morgan fingerprint density at radius 2 is 2.10 bits per heavy atom. The van der Waals surface area contributed by atoms with E-state index in [1.807, 2.05) is 0 Å². The van der Waals surface area contributed by atoms with Crippen molar-refractivity contribution in [3.63, 3.8) is 0 Å². The van der Waals surface area contributed by atoms with Crippen LogP contribution in [0.3, 0.4) is 0 Å². The van der Waals surface area contributed by atoms with Gasteiger partial charge in [-0.1, -0.05) is 11.6 Å². The van der Waals surface area contributed by atoms with E-state index in [0.717, 1.165) is 41.5 Å². The van der Waals surface area contributed by atoms with Crippen LogP contribution in [0.4, 0.5) is 11.4 Å². The molecule has 3 aromatic rings. The minimum absolute atomic E-state index is 0.0631. The van der Waals surface area contributed by atoms with Crippen molar-refractivity contribution in [3.8, 4) is 0 Å². The summed E-state index contributed by atoms with van der Waals surface area (Å²) in [5, 5.41) is 3.97. The van der Waals surface area contributed by atoms with Crippen LogP contribution >= 0.6 is 22.9 Å². The molecule has 1 saturated heterocycles. The van der Waals surface area contributed by atoms with Crippen LogP contribution in [0.2, 0.25) is 5.02 Å². The molecule has 2 aliphatic rings. The summed E-state index contributed by atoms with van der Waals surface area (Å²) in [4.78, 5) is 48.0. The molecule has 0 saturated carbocycles. The van der Waals surface area contributed by atoms with Crippen molar-refractivity contribution >= 4 is 56.3 Å². The van der Waals surface area contributed by atoms with Crippen LogP contribution in [-0.4, -0.2) is 28.3 Å². The Bertz CT molecular complexity index is 1270. The van der Waals surface area contributed by atoms with Crippen LogP contribution in [-0.2, 0) is 28.9 Å². The first-order valence-corrected chi connectivity index (χ1v) is 11.6. The van der Waals surface area contributed by atoms with Crippen LogP contribution in [0.25, 0.3) is 10.2 Å². The quantitative estimate of drug-likeness (QED) is 0.610. The number of fused-ring (bicyclic) bond motifs is 3. The lowest BCUT2D eigenvalue weighted by Gasteiger charge is -2.18. The van der Waals surface area contributed by atoms with Gasteiger partial charge in [-0.15, -0.1) is 11.3 Å². The van der Waals surface area contributed by atoms with Gasteiger partial charge in [-0.2, -0.15) is 0 Å². The molecule has 2 aromatic heterocycles. The number of benzene rings is 1. The zero-order chi connectivity index (χ0) is 21.5. The molecule has 5 rings (SSSR count). The molecule has 31 heavy (non-hydrogen) atoms. The van der Waals surface area contributed by atoms with Crippen LogP contribution < -0.4 is 15.8 Å². The fraction of sp³-hybridized carbons (Fsp3) is 0.364. The lowest BCUT2D eigenvalue weighted by molar-refractivity contribution is -0.117. The van der Waals surface area contributed by atoms with E-state index in [1.165, 1.54) is 4.88 Å². The third-order valence-corrected chi connectivity index (χ3v) is 7.30. The van der Waals surface area contributed by atoms with Gasteiger partial charge in [0.2, 0.25) is 11.8 Å². The predicted molar refractivity (Wildman–Crippen MR) is 122 cm³/mol. The number of H-pyrrole nitrogens is 1. The lowest BCUT2D eigenvalue weighted by atomic mass is 10.2. The average Bonchev–Trinajstić information content (AvgIpc) is 3.42. The summed E-state index contributed by atoms with van der Waals surface area (Å²) < 4.78 is 0. The van der Waals surface area contributed by atoms with E-state index >= 15 is 0 Å². The van der Waals surface area contributed by atoms with E-state index in [2.05, 4.69) is 15.3 Å². The van der Waals surface area contributed by atoms with E-state index in [9.17, 15) is 14.4 Å². The highest BCUT2D eigenvalue weighted by Gasteiger charge is 2.24. The van der Waals surface area contributed by atoms with Crippen molar-refractivity contribution in [3.05, 3.63) is 49.8 Å². The maximum atomic E-state index is 12.5. The molecule has 9 heteroatoms. The number of halogens is 1. The second-order valence-electron chi connectivity index (χ2n) is 7.91. The first-order chi connectivity index (χ1) is 15.0. The Morgan fingerprint density at radius 1 is 1.23 bits per heavy atom. The van der Waals surface area contributed by atoms with E-state index in [-0.39, 0.29) is 23.8 Å². The van der Waals surface area contributed by atoms with Crippen molar-refractivity contribution in [2.45, 2.75) is 44.9 Å². The first kappa shape index (κ1) is 20.2. The van der Waals surface area contributed by atoms with Crippen LogP contribution in [0, 0.1) is 0 Å². The number of amides is 2. The number of nitrogens with one attached hydrogen (secondary N) is 2. The summed E-state index contributed by atoms with van der Waals surface area (Å²) >= 11 is 7.93. The van der Waals surface area contributed by atoms with Gasteiger partial charge in [0.15, 0.2) is 0 Å². The number of aromatic amines is 1. The fourth-order valence-corrected chi connectivity index (χ4v) is 5.89. The molecule has 1 fully saturated rings. The maximum Gasteiger partial charge on any atom is 0.259 e. The number of aromatic nitrogens is 2. The van der Waals surface area contributed by atoms with Gasteiger partial charge in [-0.05, 0) is 49.4 Å². The van der Waals surface area contributed by atoms with Crippen molar-refractivity contribution in [1.82, 2.24) is 9.97 Å². The Hall–Kier alpha value is -2.71. The predicted octanol–water partition coefficient (Wildman–Crippen LogP) is 3.82. The summed E-state index contributed by atoms with van der Waals surface area (Å²) in [6.07, 6.45) is 4.93. The number of anilines is 2. The van der Waals surface area contributed by atoms with Crippen molar-refractivity contribution in [2.75, 3.05) is 16.8 Å². The molecule has 1 aromatic carbocycles. The van der Waals surface area contributed by atoms with Gasteiger partial charge >= 0.3 is 0 Å². The Labute approximate surface area is 187 Å². The molecule has 1 aliphatic carbocycles. The van der Waals surface area contributed by atoms with E-state index < -0.39 is 0 Å². The minimum Gasteiger partial charge on any atom is -0.326 e. The average molecular weight is 457 g/mol. The molecule has 160 valence electrons. The maximum absolute atomic E-state index is 12.5. The molecule has 0 bridgehead atoms. The number of nitrogens with zero attached hydrogens (tertiary/aromatic N) is 2. The fourth-order valence-electron chi connectivity index (χ4n) is 4.33. The zero-order valence-electron chi connectivity index (χ0n) is 16.8. The summed E-state index contributed by atoms with van der Waals surface area (Å²) in [5.74, 6) is 0.388. The second-order valence-corrected chi connectivity index (χ2v) is 9.40. The van der Waals surface area contributed by atoms with Gasteiger partial charge in [0.25, 0.3) is 5.56 Å².